The number of nitrogens with one attached hydrogen (secondary N) is 1. The van der Waals surface area contributed by atoms with Gasteiger partial charge in [0.05, 0.1) is 31.0 Å². The summed E-state index contributed by atoms with van der Waals surface area (Å²) >= 11 is 0. The lowest BCUT2D eigenvalue weighted by atomic mass is 9.83. The SMILES string of the molecule is COc1ccc2c(c1OC)C(=O)N1c3ccccc3C(=O)N(CCCCCC(=O)N3C[C@H]4C[C@@H](C3)c3ccc([NH+]([O-])O)c(=O)n3C4)C21. The lowest BCUT2D eigenvalue weighted by Gasteiger charge is -2.43. The van der Waals surface area contributed by atoms with Crippen LogP contribution < -0.4 is 25.2 Å². The standard InChI is InChI=1S/C34H37N5O8/c1-46-27-14-11-23-29(30(27)47-2)34(43)38-25-9-6-5-8-22(25)32(41)36(31(23)38)15-7-3-4-10-28(40)35-17-20-16-21(19-35)24-12-13-26(39(44)45)33(42)37(24)18-20/h5-6,8-9,11-14,20-21,31,39,44H,3-4,7,10,15-19H2,1-2H3/t20-,21+,31?/m1/s1. The molecule has 3 amide bonds. The second kappa shape index (κ2) is 12.1. The molecule has 1 aromatic heterocycles. The monoisotopic (exact) mass is 643 g/mol. The van der Waals surface area contributed by atoms with Gasteiger partial charge in [-0.1, -0.05) is 24.6 Å². The highest BCUT2D eigenvalue weighted by atomic mass is 16.8. The van der Waals surface area contributed by atoms with Crippen molar-refractivity contribution in [3.05, 3.63) is 86.5 Å². The quantitative estimate of drug-likeness (QED) is 0.267. The number of pyridine rings is 1. The van der Waals surface area contributed by atoms with Gasteiger partial charge in [0.15, 0.2) is 11.5 Å². The van der Waals surface area contributed by atoms with E-state index < -0.39 is 17.0 Å². The molecular weight excluding hydrogens is 606 g/mol. The maximum Gasteiger partial charge on any atom is 0.315 e. The Morgan fingerprint density at radius 1 is 0.957 bits per heavy atom. The summed E-state index contributed by atoms with van der Waals surface area (Å²) < 4.78 is 12.6. The number of aromatic nitrogens is 1. The number of likely N-dealkylation sites (tertiary alicyclic amines) is 1. The Morgan fingerprint density at radius 2 is 1.77 bits per heavy atom. The second-order valence-electron chi connectivity index (χ2n) is 12.6. The van der Waals surface area contributed by atoms with Gasteiger partial charge in [-0.15, -0.1) is 0 Å². The van der Waals surface area contributed by atoms with Crippen molar-refractivity contribution in [2.24, 2.45) is 5.92 Å². The third kappa shape index (κ3) is 5.05. The van der Waals surface area contributed by atoms with Crippen molar-refractivity contribution in [2.45, 2.75) is 50.7 Å². The minimum Gasteiger partial charge on any atom is -0.595 e. The van der Waals surface area contributed by atoms with Crippen LogP contribution in [-0.2, 0) is 11.3 Å². The topological polar surface area (TPSA) is 149 Å². The molecule has 4 aliphatic heterocycles. The number of quaternary nitrogens is 1. The molecule has 1 saturated heterocycles. The van der Waals surface area contributed by atoms with Crippen LogP contribution >= 0.6 is 0 Å². The van der Waals surface area contributed by atoms with Crippen LogP contribution in [-0.4, -0.2) is 71.1 Å². The number of nitrogens with zero attached hydrogens (tertiary/aromatic N) is 4. The van der Waals surface area contributed by atoms with Crippen LogP contribution in [0.4, 0.5) is 11.4 Å². The number of carbonyl (C=O) groups excluding carboxylic acids is 3. The number of hydrogen-bond donors (Lipinski definition) is 2. The number of unbranched alkanes of at least 4 members (excludes halogenated alkanes) is 2. The van der Waals surface area contributed by atoms with Gasteiger partial charge in [0.2, 0.25) is 11.6 Å². The van der Waals surface area contributed by atoms with Crippen molar-refractivity contribution < 1.29 is 34.3 Å². The van der Waals surface area contributed by atoms with Crippen molar-refractivity contribution >= 4 is 29.1 Å². The summed E-state index contributed by atoms with van der Waals surface area (Å²) in [5, 5.41) is 19.6. The zero-order chi connectivity index (χ0) is 33.0. The largest absolute Gasteiger partial charge is 0.595 e. The Balaban J connectivity index is 1.01. The van der Waals surface area contributed by atoms with E-state index in [1.54, 1.807) is 44.7 Å². The number of fused-ring (bicyclic) bond motifs is 9. The van der Waals surface area contributed by atoms with Crippen molar-refractivity contribution in [3.63, 3.8) is 0 Å². The lowest BCUT2D eigenvalue weighted by molar-refractivity contribution is -0.992. The van der Waals surface area contributed by atoms with Crippen LogP contribution in [0.3, 0.4) is 0 Å². The van der Waals surface area contributed by atoms with Crippen molar-refractivity contribution in [1.82, 2.24) is 14.4 Å². The van der Waals surface area contributed by atoms with E-state index in [1.165, 1.54) is 20.3 Å². The first-order valence-corrected chi connectivity index (χ1v) is 16.0. The number of hydrogen-bond acceptors (Lipinski definition) is 8. The van der Waals surface area contributed by atoms with Crippen molar-refractivity contribution in [3.8, 4) is 11.5 Å². The smallest absolute Gasteiger partial charge is 0.315 e. The van der Waals surface area contributed by atoms with Crippen LogP contribution in [0, 0.1) is 11.1 Å². The van der Waals surface area contributed by atoms with Gasteiger partial charge in [-0.2, -0.15) is 5.23 Å². The molecule has 0 aliphatic carbocycles. The Labute approximate surface area is 271 Å². The molecule has 2 bridgehead atoms. The van der Waals surface area contributed by atoms with Gasteiger partial charge in [-0.05, 0) is 49.4 Å². The van der Waals surface area contributed by atoms with Crippen molar-refractivity contribution in [1.29, 1.82) is 0 Å². The molecule has 13 heteroatoms. The van der Waals surface area contributed by atoms with E-state index in [2.05, 4.69) is 0 Å². The zero-order valence-electron chi connectivity index (χ0n) is 26.3. The summed E-state index contributed by atoms with van der Waals surface area (Å²) in [4.78, 5) is 59.0. The number of para-hydroxylation sites is 1. The summed E-state index contributed by atoms with van der Waals surface area (Å²) in [5.41, 5.74) is 2.18. The molecule has 5 heterocycles. The Kier molecular flexibility index (Phi) is 7.98. The zero-order valence-corrected chi connectivity index (χ0v) is 26.3. The van der Waals surface area contributed by atoms with Gasteiger partial charge in [-0.25, -0.2) is 5.21 Å². The first-order valence-electron chi connectivity index (χ1n) is 16.0. The molecule has 0 radical (unpaired) electrons. The number of piperidine rings is 1. The summed E-state index contributed by atoms with van der Waals surface area (Å²) in [7, 11) is 3.01. The highest BCUT2D eigenvalue weighted by Crippen LogP contribution is 2.49. The van der Waals surface area contributed by atoms with Gasteiger partial charge < -0.3 is 29.0 Å². The molecule has 2 unspecified atom stereocenters. The highest BCUT2D eigenvalue weighted by molar-refractivity contribution is 6.18. The molecule has 0 saturated carbocycles. The molecule has 2 aromatic carbocycles. The van der Waals surface area contributed by atoms with Crippen LogP contribution in [0.5, 0.6) is 11.5 Å². The summed E-state index contributed by atoms with van der Waals surface area (Å²) in [6, 6.07) is 13.8. The first kappa shape index (κ1) is 30.9. The maximum atomic E-state index is 13.9. The summed E-state index contributed by atoms with van der Waals surface area (Å²) in [6.07, 6.45) is 2.63. The normalized spacial score (nSPS) is 21.5. The molecular formula is C34H37N5O8. The van der Waals surface area contributed by atoms with Gasteiger partial charge in [0.25, 0.3) is 11.8 Å². The molecule has 1 fully saturated rings. The number of benzene rings is 2. The molecule has 246 valence electrons. The van der Waals surface area contributed by atoms with Gasteiger partial charge in [-0.3, -0.25) is 24.1 Å². The number of anilines is 1. The van der Waals surface area contributed by atoms with Gasteiger partial charge in [0, 0.05) is 55.8 Å². The van der Waals surface area contributed by atoms with Crippen LogP contribution in [0.2, 0.25) is 0 Å². The van der Waals surface area contributed by atoms with E-state index >= 15 is 0 Å². The van der Waals surface area contributed by atoms with Crippen molar-refractivity contribution in [2.75, 3.05) is 38.8 Å². The minimum atomic E-state index is -1.23. The van der Waals surface area contributed by atoms with Crippen LogP contribution in [0.1, 0.15) is 76.2 Å². The predicted octanol–water partition coefficient (Wildman–Crippen LogP) is 2.59. The molecule has 3 aromatic rings. The third-order valence-corrected chi connectivity index (χ3v) is 9.96. The van der Waals surface area contributed by atoms with Crippen LogP contribution in [0.15, 0.2) is 53.3 Å². The number of ether oxygens (including phenoxy) is 2. The number of rotatable bonds is 9. The minimum absolute atomic E-state index is 0.00600. The van der Waals surface area contributed by atoms with E-state index in [4.69, 9.17) is 9.47 Å². The Bertz CT molecular complexity index is 1820. The molecule has 47 heavy (non-hydrogen) atoms. The Hall–Kier alpha value is -4.72. The lowest BCUT2D eigenvalue weighted by Crippen LogP contribution is -3.00. The molecule has 4 atom stereocenters. The number of methoxy groups -OCH3 is 2. The van der Waals surface area contributed by atoms with E-state index in [0.29, 0.717) is 85.7 Å². The second-order valence-corrected chi connectivity index (χ2v) is 12.6. The number of carbonyl (C=O) groups is 3. The summed E-state index contributed by atoms with van der Waals surface area (Å²) in [6.45, 7) is 1.85. The van der Waals surface area contributed by atoms with E-state index in [0.717, 1.165) is 12.1 Å². The third-order valence-electron chi connectivity index (χ3n) is 9.96. The fourth-order valence-electron chi connectivity index (χ4n) is 7.86. The van der Waals surface area contributed by atoms with Crippen LogP contribution in [0.25, 0.3) is 0 Å². The first-order chi connectivity index (χ1) is 22.7. The Morgan fingerprint density at radius 3 is 2.53 bits per heavy atom. The van der Waals surface area contributed by atoms with Gasteiger partial charge in [0.1, 0.15) is 6.17 Å². The fraction of sp³-hybridized carbons (Fsp3) is 0.412. The van der Waals surface area contributed by atoms with Gasteiger partial charge >= 0.3 is 5.56 Å². The molecule has 0 spiro atoms. The highest BCUT2D eigenvalue weighted by Gasteiger charge is 2.49. The van der Waals surface area contributed by atoms with E-state index in [9.17, 15) is 29.6 Å². The van der Waals surface area contributed by atoms with E-state index in [1.807, 2.05) is 17.0 Å². The molecule has 2 N–H and O–H groups in total. The predicted molar refractivity (Wildman–Crippen MR) is 169 cm³/mol. The summed E-state index contributed by atoms with van der Waals surface area (Å²) in [5.74, 6) is 0.531. The molecule has 13 nitrogen and oxygen atoms in total. The average molecular weight is 644 g/mol. The molecule has 7 rings (SSSR count). The number of amides is 3. The maximum absolute atomic E-state index is 13.9. The fourth-order valence-corrected chi connectivity index (χ4v) is 7.86. The van der Waals surface area contributed by atoms with E-state index in [-0.39, 0.29) is 35.2 Å². The molecule has 4 aliphatic rings. The average Bonchev–Trinajstić information content (AvgIpc) is 3.37.